The molecule has 0 aliphatic rings. The molecule has 184 valence electrons. The molecule has 4 aromatic carbocycles. The highest BCUT2D eigenvalue weighted by atomic mass is 32.2. The number of carbonyl (C=O) groups is 2. The molecule has 0 amide bonds. The van der Waals surface area contributed by atoms with Crippen molar-refractivity contribution in [3.05, 3.63) is 103 Å². The molecule has 0 N–H and O–H groups in total. The zero-order valence-electron chi connectivity index (χ0n) is 20.1. The van der Waals surface area contributed by atoms with E-state index in [0.29, 0.717) is 5.56 Å². The summed E-state index contributed by atoms with van der Waals surface area (Å²) in [6.45, 7) is 2.70. The van der Waals surface area contributed by atoms with Gasteiger partial charge in [0.15, 0.2) is 0 Å². The molecule has 37 heavy (non-hydrogen) atoms. The van der Waals surface area contributed by atoms with Gasteiger partial charge in [0.1, 0.15) is 5.71 Å². The van der Waals surface area contributed by atoms with E-state index in [9.17, 15) is 18.0 Å². The second-order valence-electron chi connectivity index (χ2n) is 8.48. The number of rotatable bonds is 6. The van der Waals surface area contributed by atoms with Gasteiger partial charge in [0, 0.05) is 28.9 Å². The van der Waals surface area contributed by atoms with Crippen molar-refractivity contribution in [1.82, 2.24) is 4.57 Å². The van der Waals surface area contributed by atoms with Crippen LogP contribution in [-0.2, 0) is 19.5 Å². The Morgan fingerprint density at radius 3 is 2.05 bits per heavy atom. The van der Waals surface area contributed by atoms with Gasteiger partial charge in [-0.2, -0.15) is 0 Å². The molecule has 0 unspecified atom stereocenters. The van der Waals surface area contributed by atoms with Crippen LogP contribution in [-0.4, -0.2) is 30.4 Å². The molecule has 0 saturated heterocycles. The topological polar surface area (TPSA) is 94.8 Å². The van der Waals surface area contributed by atoms with Crippen molar-refractivity contribution in [2.75, 3.05) is 0 Å². The molecule has 8 heteroatoms. The maximum atomic E-state index is 13.0. The van der Waals surface area contributed by atoms with Gasteiger partial charge in [-0.15, -0.1) is 0 Å². The van der Waals surface area contributed by atoms with Crippen molar-refractivity contribution in [2.24, 2.45) is 5.16 Å². The van der Waals surface area contributed by atoms with Crippen molar-refractivity contribution in [1.29, 1.82) is 0 Å². The minimum absolute atomic E-state index is 0.0634. The summed E-state index contributed by atoms with van der Waals surface area (Å²) in [5, 5.41) is 5.39. The van der Waals surface area contributed by atoms with Crippen molar-refractivity contribution < 1.29 is 22.8 Å². The Morgan fingerprint density at radius 2 is 1.35 bits per heavy atom. The molecule has 0 radical (unpaired) electrons. The lowest BCUT2D eigenvalue weighted by Gasteiger charge is -2.10. The molecule has 5 aromatic rings. The van der Waals surface area contributed by atoms with Crippen LogP contribution < -0.4 is 0 Å². The second-order valence-corrected chi connectivity index (χ2v) is 10.4. The van der Waals surface area contributed by atoms with E-state index in [0.717, 1.165) is 27.5 Å². The molecule has 7 nitrogen and oxygen atoms in total. The Bertz CT molecular complexity index is 1800. The van der Waals surface area contributed by atoms with Crippen LogP contribution in [0.25, 0.3) is 27.5 Å². The van der Waals surface area contributed by atoms with Gasteiger partial charge < -0.3 is 9.40 Å². The highest BCUT2D eigenvalue weighted by Crippen LogP contribution is 2.33. The third-order valence-corrected chi connectivity index (χ3v) is 7.82. The van der Waals surface area contributed by atoms with Crippen molar-refractivity contribution in [2.45, 2.75) is 23.6 Å². The van der Waals surface area contributed by atoms with Crippen molar-refractivity contribution >= 4 is 49.1 Å². The molecule has 0 aliphatic heterocycles. The zero-order chi connectivity index (χ0) is 26.2. The van der Waals surface area contributed by atoms with Crippen LogP contribution in [0, 0.1) is 0 Å². The third kappa shape index (κ3) is 4.43. The molecule has 0 atom stereocenters. The summed E-state index contributed by atoms with van der Waals surface area (Å²) >= 11 is 0. The minimum atomic E-state index is -3.63. The molecular weight excluding hydrogens is 488 g/mol. The lowest BCUT2D eigenvalue weighted by atomic mass is 10.0. The van der Waals surface area contributed by atoms with Crippen LogP contribution in [0.5, 0.6) is 0 Å². The lowest BCUT2D eigenvalue weighted by Crippen LogP contribution is -2.11. The smallest absolute Gasteiger partial charge is 0.318 e. The Morgan fingerprint density at radius 1 is 0.730 bits per heavy atom. The number of fused-ring (bicyclic) bond motifs is 3. The average molecular weight is 511 g/mol. The van der Waals surface area contributed by atoms with Crippen LogP contribution >= 0.6 is 0 Å². The van der Waals surface area contributed by atoms with E-state index in [4.69, 9.17) is 0 Å². The number of oxime groups is 1. The summed E-state index contributed by atoms with van der Waals surface area (Å²) in [5.41, 5.74) is 3.02. The second kappa shape index (κ2) is 9.48. The first-order valence-electron chi connectivity index (χ1n) is 11.5. The summed E-state index contributed by atoms with van der Waals surface area (Å²) in [4.78, 5) is 29.0. The van der Waals surface area contributed by atoms with Gasteiger partial charge in [0.25, 0.3) is 0 Å². The number of sulfone groups is 1. The van der Waals surface area contributed by atoms with Gasteiger partial charge in [-0.3, -0.25) is 4.79 Å². The Labute approximate surface area is 213 Å². The molecule has 0 bridgehead atoms. The monoisotopic (exact) mass is 510 g/mol. The summed E-state index contributed by atoms with van der Waals surface area (Å²) < 4.78 is 28.1. The lowest BCUT2D eigenvalue weighted by molar-refractivity contribution is -0.140. The first-order chi connectivity index (χ1) is 17.8. The SMILES string of the molecule is CC(=O)ON=C(C)C(=O)c1ccc2c(c1)c1ccccc1n2-c1ccc(S(=O)(=O)c2ccccc2)cc1. The normalized spacial score (nSPS) is 12.1. The van der Waals surface area contributed by atoms with Gasteiger partial charge in [0.05, 0.1) is 20.8 Å². The quantitative estimate of drug-likeness (QED) is 0.126. The number of hydrogen-bond donors (Lipinski definition) is 0. The Balaban J connectivity index is 1.60. The fraction of sp³-hybridized carbons (Fsp3) is 0.0690. The predicted octanol–water partition coefficient (Wildman–Crippen LogP) is 5.74. The van der Waals surface area contributed by atoms with E-state index >= 15 is 0 Å². The third-order valence-electron chi connectivity index (χ3n) is 6.03. The molecule has 1 heterocycles. The number of ketones is 1. The van der Waals surface area contributed by atoms with Crippen LogP contribution in [0.2, 0.25) is 0 Å². The van der Waals surface area contributed by atoms with E-state index in [1.54, 1.807) is 66.7 Å². The average Bonchev–Trinajstić information content (AvgIpc) is 3.25. The highest BCUT2D eigenvalue weighted by molar-refractivity contribution is 7.91. The minimum Gasteiger partial charge on any atom is -0.318 e. The molecule has 5 rings (SSSR count). The standard InChI is InChI=1S/C29H22N2O5S/c1-19(30-36-20(2)32)29(33)21-12-17-28-26(18-21)25-10-6-7-11-27(25)31(28)22-13-15-24(16-14-22)37(34,35)23-8-4-3-5-9-23/h3-18H,1-2H3. The van der Waals surface area contributed by atoms with E-state index in [1.165, 1.54) is 13.8 Å². The Hall–Kier alpha value is -4.56. The van der Waals surface area contributed by atoms with Gasteiger partial charge in [-0.05, 0) is 67.6 Å². The summed E-state index contributed by atoms with van der Waals surface area (Å²) in [6, 6.07) is 28.2. The fourth-order valence-electron chi connectivity index (χ4n) is 4.29. The number of hydrogen-bond acceptors (Lipinski definition) is 6. The molecule has 0 saturated carbocycles. The van der Waals surface area contributed by atoms with Crippen LogP contribution in [0.15, 0.2) is 112 Å². The maximum absolute atomic E-state index is 13.0. The first-order valence-corrected chi connectivity index (χ1v) is 13.0. The van der Waals surface area contributed by atoms with Gasteiger partial charge in [0.2, 0.25) is 15.6 Å². The largest absolute Gasteiger partial charge is 0.331 e. The molecule has 1 aromatic heterocycles. The summed E-state index contributed by atoms with van der Waals surface area (Å²) in [5.74, 6) is -0.955. The van der Waals surface area contributed by atoms with E-state index in [-0.39, 0.29) is 21.3 Å². The number of nitrogens with zero attached hydrogens (tertiary/aromatic N) is 2. The predicted molar refractivity (Wildman–Crippen MR) is 142 cm³/mol. The molecule has 0 aliphatic carbocycles. The first kappa shape index (κ1) is 24.1. The van der Waals surface area contributed by atoms with Crippen molar-refractivity contribution in [3.8, 4) is 5.69 Å². The molecular formula is C29H22N2O5S. The van der Waals surface area contributed by atoms with E-state index in [2.05, 4.69) is 9.99 Å². The van der Waals surface area contributed by atoms with Gasteiger partial charge in [-0.25, -0.2) is 13.2 Å². The van der Waals surface area contributed by atoms with Gasteiger partial charge >= 0.3 is 5.97 Å². The van der Waals surface area contributed by atoms with Crippen molar-refractivity contribution in [3.63, 3.8) is 0 Å². The highest BCUT2D eigenvalue weighted by Gasteiger charge is 2.19. The van der Waals surface area contributed by atoms with Crippen LogP contribution in [0.1, 0.15) is 24.2 Å². The zero-order valence-corrected chi connectivity index (χ0v) is 20.9. The van der Waals surface area contributed by atoms with E-state index < -0.39 is 15.8 Å². The number of Topliss-reactive ketones (excluding diaryl/α,β-unsaturated/α-hetero) is 1. The summed E-state index contributed by atoms with van der Waals surface area (Å²) in [6.07, 6.45) is 0. The Kier molecular flexibility index (Phi) is 6.19. The fourth-order valence-corrected chi connectivity index (χ4v) is 5.57. The van der Waals surface area contributed by atoms with Crippen LogP contribution in [0.3, 0.4) is 0 Å². The van der Waals surface area contributed by atoms with E-state index in [1.807, 2.05) is 34.9 Å². The number of benzene rings is 4. The van der Waals surface area contributed by atoms with Gasteiger partial charge in [-0.1, -0.05) is 41.6 Å². The number of carbonyl (C=O) groups excluding carboxylic acids is 2. The molecule has 0 fully saturated rings. The van der Waals surface area contributed by atoms with Crippen LogP contribution in [0.4, 0.5) is 0 Å². The summed E-state index contributed by atoms with van der Waals surface area (Å²) in [7, 11) is -3.63. The number of para-hydroxylation sites is 1. The molecule has 0 spiro atoms. The number of aromatic nitrogens is 1. The maximum Gasteiger partial charge on any atom is 0.331 e.